The van der Waals surface area contributed by atoms with E-state index >= 15 is 0 Å². The normalized spacial score (nSPS) is 17.9. The second-order valence-electron chi connectivity index (χ2n) is 18.6. The lowest BCUT2D eigenvalue weighted by Gasteiger charge is -2.32. The standard InChI is InChI=1S/C29H38ClN7O.C22H32ClN7O/c1-38-26-14-13-24(19-25(26)30)33-29-35-27(31-22-11-7-2-3-8-12-22)34-28(36-29)32-23-15-17-37(18-16-23)20-21-9-5-4-6-10-21;1-31-19-9-8-17(14-18(19)23)27-22-29-20(25-15-6-4-2-3-5-7-15)28-21(30-22)26-16-10-12-24-13-11-16/h4-6,9-10,13-14,19,22-23H,2-3,7-8,11-12,15-18,20H2,1H3,(H3,31,32,33,34,35,36);8-9,14-16,24H,2-7,10-13H2,1H3,(H3,25,26,27,28,29,30). The molecule has 4 aliphatic rings. The summed E-state index contributed by atoms with van der Waals surface area (Å²) in [5.41, 5.74) is 2.95. The Bertz CT molecular complexity index is 2340. The fourth-order valence-corrected chi connectivity index (χ4v) is 10.0. The van der Waals surface area contributed by atoms with Crippen molar-refractivity contribution in [2.75, 3.05) is 72.3 Å². The monoisotopic (exact) mass is 981 g/mol. The molecule has 69 heavy (non-hydrogen) atoms. The number of aromatic nitrogens is 6. The Hall–Kier alpha value is -5.42. The Morgan fingerprint density at radius 3 is 1.29 bits per heavy atom. The molecule has 2 saturated carbocycles. The Labute approximate surface area is 417 Å². The van der Waals surface area contributed by atoms with Crippen molar-refractivity contribution >= 4 is 70.3 Å². The van der Waals surface area contributed by atoms with Gasteiger partial charge in [-0.3, -0.25) is 4.90 Å². The maximum absolute atomic E-state index is 6.35. The van der Waals surface area contributed by atoms with Gasteiger partial charge in [0.25, 0.3) is 0 Å². The predicted octanol–water partition coefficient (Wildman–Crippen LogP) is 11.1. The highest BCUT2D eigenvalue weighted by Crippen LogP contribution is 2.31. The van der Waals surface area contributed by atoms with E-state index in [2.05, 4.69) is 87.4 Å². The highest BCUT2D eigenvalue weighted by molar-refractivity contribution is 6.32. The average Bonchev–Trinajstić information content (AvgIpc) is 3.78. The maximum Gasteiger partial charge on any atom is 0.233 e. The zero-order valence-corrected chi connectivity index (χ0v) is 41.7. The van der Waals surface area contributed by atoms with Crippen LogP contribution in [0.2, 0.25) is 10.0 Å². The minimum atomic E-state index is 0.318. The van der Waals surface area contributed by atoms with Crippen molar-refractivity contribution in [3.8, 4) is 11.5 Å². The lowest BCUT2D eigenvalue weighted by molar-refractivity contribution is 0.211. The van der Waals surface area contributed by atoms with Gasteiger partial charge in [0.05, 0.1) is 24.3 Å². The van der Waals surface area contributed by atoms with Crippen LogP contribution >= 0.6 is 23.2 Å². The number of nitrogens with one attached hydrogen (secondary N) is 7. The van der Waals surface area contributed by atoms with Crippen LogP contribution in [0.1, 0.15) is 108 Å². The van der Waals surface area contributed by atoms with Crippen molar-refractivity contribution in [1.29, 1.82) is 0 Å². The first kappa shape index (κ1) is 50.0. The predicted molar refractivity (Wildman–Crippen MR) is 280 cm³/mol. The van der Waals surface area contributed by atoms with E-state index in [1.807, 2.05) is 36.4 Å². The van der Waals surface area contributed by atoms with E-state index in [1.54, 1.807) is 14.2 Å². The Kier molecular flexibility index (Phi) is 18.8. The Morgan fingerprint density at radius 2 is 0.884 bits per heavy atom. The van der Waals surface area contributed by atoms with Crippen molar-refractivity contribution in [2.45, 2.75) is 133 Å². The number of anilines is 8. The lowest BCUT2D eigenvalue weighted by atomic mass is 10.0. The van der Waals surface area contributed by atoms with Crippen LogP contribution in [-0.2, 0) is 6.54 Å². The molecule has 3 aromatic carbocycles. The molecule has 4 heterocycles. The van der Waals surface area contributed by atoms with E-state index < -0.39 is 0 Å². The summed E-state index contributed by atoms with van der Waals surface area (Å²) in [7, 11) is 3.21. The van der Waals surface area contributed by atoms with Gasteiger partial charge in [-0.2, -0.15) is 29.9 Å². The van der Waals surface area contributed by atoms with Crippen LogP contribution in [0.5, 0.6) is 11.5 Å². The Balaban J connectivity index is 0.000000190. The third kappa shape index (κ3) is 15.8. The van der Waals surface area contributed by atoms with Gasteiger partial charge in [0, 0.05) is 55.2 Å². The van der Waals surface area contributed by atoms with Gasteiger partial charge in [-0.1, -0.05) is 105 Å². The summed E-state index contributed by atoms with van der Waals surface area (Å²) in [6, 6.07) is 23.2. The van der Waals surface area contributed by atoms with Gasteiger partial charge in [-0.25, -0.2) is 0 Å². The topological polar surface area (TPSA) is 183 Å². The third-order valence-corrected chi connectivity index (χ3v) is 13.9. The van der Waals surface area contributed by atoms with E-state index in [9.17, 15) is 0 Å². The van der Waals surface area contributed by atoms with Crippen LogP contribution in [0.4, 0.5) is 47.1 Å². The number of halogens is 2. The molecule has 0 radical (unpaired) electrons. The summed E-state index contributed by atoms with van der Waals surface area (Å²) in [6.45, 7) is 5.09. The first-order valence-electron chi connectivity index (χ1n) is 25.1. The molecule has 0 amide bonds. The number of nitrogens with zero attached hydrogens (tertiary/aromatic N) is 7. The highest BCUT2D eigenvalue weighted by atomic mass is 35.5. The molecule has 2 aliphatic heterocycles. The van der Waals surface area contributed by atoms with Gasteiger partial charge < -0.3 is 46.7 Å². The van der Waals surface area contributed by atoms with Crippen LogP contribution in [0.25, 0.3) is 0 Å². The molecule has 370 valence electrons. The molecule has 0 atom stereocenters. The van der Waals surface area contributed by atoms with Gasteiger partial charge >= 0.3 is 0 Å². The fraction of sp³-hybridized carbons (Fsp3) is 0.529. The molecule has 2 aliphatic carbocycles. The molecule has 0 unspecified atom stereocenters. The SMILES string of the molecule is COc1ccc(Nc2nc(NC3CCCCCC3)nc(NC3CCN(Cc4ccccc4)CC3)n2)cc1Cl.COc1ccc(Nc2nc(NC3CCCCCC3)nc(NC3CCNCC3)n2)cc1Cl. The molecule has 9 rings (SSSR count). The average molecular weight is 982 g/mol. The molecule has 5 aromatic rings. The van der Waals surface area contributed by atoms with Gasteiger partial charge in [-0.15, -0.1) is 0 Å². The van der Waals surface area contributed by atoms with E-state index in [-0.39, 0.29) is 0 Å². The van der Waals surface area contributed by atoms with Gasteiger partial charge in [0.15, 0.2) is 0 Å². The van der Waals surface area contributed by atoms with Crippen molar-refractivity contribution < 1.29 is 9.47 Å². The van der Waals surface area contributed by atoms with Crippen molar-refractivity contribution in [3.63, 3.8) is 0 Å². The molecule has 0 bridgehead atoms. The van der Waals surface area contributed by atoms with E-state index in [0.29, 0.717) is 81.4 Å². The summed E-state index contributed by atoms with van der Waals surface area (Å²) in [5, 5.41) is 25.3. The first-order chi connectivity index (χ1) is 33.8. The molecule has 2 aromatic heterocycles. The summed E-state index contributed by atoms with van der Waals surface area (Å²) in [4.78, 5) is 30.7. The minimum absolute atomic E-state index is 0.318. The largest absolute Gasteiger partial charge is 0.495 e. The van der Waals surface area contributed by atoms with E-state index in [1.165, 1.54) is 56.9 Å². The Morgan fingerprint density at radius 1 is 0.493 bits per heavy atom. The van der Waals surface area contributed by atoms with Crippen LogP contribution in [-0.4, -0.2) is 99.4 Å². The summed E-state index contributed by atoms with van der Waals surface area (Å²) in [6.07, 6.45) is 19.0. The summed E-state index contributed by atoms with van der Waals surface area (Å²) in [5.74, 6) is 4.65. The van der Waals surface area contributed by atoms with Crippen LogP contribution < -0.4 is 46.7 Å². The number of hydrogen-bond acceptors (Lipinski definition) is 16. The second kappa shape index (κ2) is 26.0. The van der Waals surface area contributed by atoms with Crippen LogP contribution in [0.15, 0.2) is 66.7 Å². The molecule has 7 N–H and O–H groups in total. The first-order valence-corrected chi connectivity index (χ1v) is 25.9. The number of hydrogen-bond donors (Lipinski definition) is 7. The number of methoxy groups -OCH3 is 2. The van der Waals surface area contributed by atoms with Crippen molar-refractivity contribution in [3.05, 3.63) is 82.3 Å². The number of piperidine rings is 2. The number of rotatable bonds is 16. The zero-order valence-electron chi connectivity index (χ0n) is 40.2. The molecule has 0 spiro atoms. The number of likely N-dealkylation sites (tertiary alicyclic amines) is 1. The quantitative estimate of drug-likeness (QED) is 0.0463. The van der Waals surface area contributed by atoms with Gasteiger partial charge in [0.2, 0.25) is 35.7 Å². The van der Waals surface area contributed by atoms with E-state index in [4.69, 9.17) is 47.6 Å². The number of ether oxygens (including phenoxy) is 2. The molecule has 16 nitrogen and oxygen atoms in total. The second-order valence-corrected chi connectivity index (χ2v) is 19.4. The third-order valence-electron chi connectivity index (χ3n) is 13.3. The van der Waals surface area contributed by atoms with Crippen LogP contribution in [0, 0.1) is 0 Å². The van der Waals surface area contributed by atoms with Gasteiger partial charge in [-0.05, 0) is 106 Å². The summed E-state index contributed by atoms with van der Waals surface area (Å²) >= 11 is 12.6. The maximum atomic E-state index is 6.35. The van der Waals surface area contributed by atoms with Crippen LogP contribution in [0.3, 0.4) is 0 Å². The van der Waals surface area contributed by atoms with E-state index in [0.717, 1.165) is 95.5 Å². The summed E-state index contributed by atoms with van der Waals surface area (Å²) < 4.78 is 10.5. The van der Waals surface area contributed by atoms with Gasteiger partial charge in [0.1, 0.15) is 11.5 Å². The molecule has 18 heteroatoms. The molecule has 4 fully saturated rings. The lowest BCUT2D eigenvalue weighted by Crippen LogP contribution is -2.39. The van der Waals surface area contributed by atoms with Crippen molar-refractivity contribution in [1.82, 2.24) is 40.1 Å². The fourth-order valence-electron chi connectivity index (χ4n) is 9.49. The molecular formula is C51H70Cl2N14O2. The molecular weight excluding hydrogens is 912 g/mol. The zero-order chi connectivity index (χ0) is 47.6. The number of benzene rings is 3. The van der Waals surface area contributed by atoms with Crippen molar-refractivity contribution in [2.24, 2.45) is 0 Å². The highest BCUT2D eigenvalue weighted by Gasteiger charge is 2.23. The smallest absolute Gasteiger partial charge is 0.233 e. The minimum Gasteiger partial charge on any atom is -0.495 e. The molecule has 2 saturated heterocycles.